The molecule has 0 aliphatic heterocycles. The number of amides is 1. The molecule has 2 aromatic rings. The number of ether oxygens (including phenoxy) is 5. The van der Waals surface area contributed by atoms with E-state index >= 15 is 0 Å². The van der Waals surface area contributed by atoms with Crippen LogP contribution in [-0.4, -0.2) is 61.4 Å². The molecular weight excluding hydrogens is 779 g/mol. The summed E-state index contributed by atoms with van der Waals surface area (Å²) in [6.45, 7) is 19.8. The number of alkyl carbamates (subject to hydrolysis) is 1. The van der Waals surface area contributed by atoms with Crippen molar-refractivity contribution in [2.75, 3.05) is 20.0 Å². The molecule has 9 nitrogen and oxygen atoms in total. The molecule has 0 aromatic heterocycles. The van der Waals surface area contributed by atoms with Crippen LogP contribution >= 0.6 is 0 Å². The zero-order valence-corrected chi connectivity index (χ0v) is 39.1. The lowest BCUT2D eigenvalue weighted by Gasteiger charge is -2.59. The Morgan fingerprint density at radius 2 is 1.55 bits per heavy atom. The highest BCUT2D eigenvalue weighted by Gasteiger charge is 2.59. The molecule has 7 unspecified atom stereocenters. The standard InChI is InChI=1S/C53H75NO8/c1-34(20-25-47(55)62-51(5,6)7)43-23-24-44-41-22-21-35-31-36(26-28-52(35,8)45(41)27-29-53(43,44)9)61-48(56)46(19-14-30-58-33-60-50(2,3)4)54-49(57)59-32-42-39-17-12-10-15-37(39)38-16-11-13-18-40(38)42/h10-13,15-18,27,29,34-36,41-46H,14,19-26,28,30-33H2,1-9H3,(H,54,57)/t34-,35?,36-,41?,43?,44?,45?,46+,52?,53?/m1/s1. The van der Waals surface area contributed by atoms with Crippen molar-refractivity contribution in [2.45, 2.75) is 162 Å². The van der Waals surface area contributed by atoms with Gasteiger partial charge in [0.1, 0.15) is 31.1 Å². The average molecular weight is 854 g/mol. The first kappa shape index (κ1) is 46.3. The summed E-state index contributed by atoms with van der Waals surface area (Å²) in [6, 6.07) is 15.7. The van der Waals surface area contributed by atoms with Crippen LogP contribution in [0.25, 0.3) is 11.1 Å². The van der Waals surface area contributed by atoms with Gasteiger partial charge in [0.15, 0.2) is 0 Å². The minimum atomic E-state index is -0.859. The Hall–Kier alpha value is -3.69. The number of benzene rings is 2. The van der Waals surface area contributed by atoms with Gasteiger partial charge in [-0.15, -0.1) is 0 Å². The predicted octanol–water partition coefficient (Wildman–Crippen LogP) is 11.6. The van der Waals surface area contributed by atoms with E-state index in [0.29, 0.717) is 61.4 Å². The number of carbonyl (C=O) groups excluding carboxylic acids is 3. The first-order valence-electron chi connectivity index (χ1n) is 23.8. The number of rotatable bonds is 15. The van der Waals surface area contributed by atoms with Gasteiger partial charge >= 0.3 is 18.0 Å². The van der Waals surface area contributed by atoms with Crippen LogP contribution in [0.1, 0.15) is 150 Å². The number of allylic oxidation sites excluding steroid dienone is 2. The van der Waals surface area contributed by atoms with Crippen molar-refractivity contribution in [3.05, 3.63) is 71.8 Å². The first-order chi connectivity index (χ1) is 29.4. The van der Waals surface area contributed by atoms with E-state index in [1.807, 2.05) is 65.8 Å². The Bertz CT molecular complexity index is 1880. The van der Waals surface area contributed by atoms with Crippen molar-refractivity contribution >= 4 is 18.0 Å². The van der Waals surface area contributed by atoms with E-state index in [-0.39, 0.29) is 47.8 Å². The van der Waals surface area contributed by atoms with Gasteiger partial charge in [0, 0.05) is 18.9 Å². The third-order valence-electron chi connectivity index (χ3n) is 15.6. The van der Waals surface area contributed by atoms with Gasteiger partial charge in [-0.25, -0.2) is 9.59 Å². The van der Waals surface area contributed by atoms with Gasteiger partial charge in [0.2, 0.25) is 0 Å². The summed E-state index contributed by atoms with van der Waals surface area (Å²) in [7, 11) is 0. The van der Waals surface area contributed by atoms with Gasteiger partial charge in [0.05, 0.1) is 5.60 Å². The second-order valence-corrected chi connectivity index (χ2v) is 21.9. The van der Waals surface area contributed by atoms with Gasteiger partial charge in [-0.05, 0) is 174 Å². The number of hydrogen-bond donors (Lipinski definition) is 1. The molecule has 3 fully saturated rings. The van der Waals surface area contributed by atoms with Crippen LogP contribution in [0.5, 0.6) is 0 Å². The van der Waals surface area contributed by atoms with Crippen LogP contribution in [0.15, 0.2) is 60.7 Å². The normalized spacial score (nSPS) is 29.9. The maximum atomic E-state index is 14.1. The third-order valence-corrected chi connectivity index (χ3v) is 15.6. The Morgan fingerprint density at radius 1 is 0.855 bits per heavy atom. The Balaban J connectivity index is 0.958. The van der Waals surface area contributed by atoms with E-state index in [1.165, 1.54) is 19.3 Å². The molecule has 62 heavy (non-hydrogen) atoms. The van der Waals surface area contributed by atoms with Crippen molar-refractivity contribution in [1.82, 2.24) is 5.32 Å². The zero-order chi connectivity index (χ0) is 44.5. The Labute approximate surface area is 371 Å². The molecule has 0 heterocycles. The second kappa shape index (κ2) is 18.8. The minimum Gasteiger partial charge on any atom is -0.461 e. The van der Waals surface area contributed by atoms with Crippen LogP contribution < -0.4 is 5.32 Å². The average Bonchev–Trinajstić information content (AvgIpc) is 3.73. The Kier molecular flexibility index (Phi) is 14.0. The zero-order valence-electron chi connectivity index (χ0n) is 39.1. The van der Waals surface area contributed by atoms with Crippen molar-refractivity contribution in [2.24, 2.45) is 46.3 Å². The highest BCUT2D eigenvalue weighted by Crippen LogP contribution is 2.66. The molecule has 5 aliphatic carbocycles. The van der Waals surface area contributed by atoms with Gasteiger partial charge in [-0.2, -0.15) is 0 Å². The molecule has 0 radical (unpaired) electrons. The molecule has 10 atom stereocenters. The molecule has 0 bridgehead atoms. The summed E-state index contributed by atoms with van der Waals surface area (Å²) >= 11 is 0. The highest BCUT2D eigenvalue weighted by molar-refractivity contribution is 5.82. The van der Waals surface area contributed by atoms with E-state index in [1.54, 1.807) is 0 Å². The molecule has 5 aliphatic rings. The molecule has 7 rings (SSSR count). The maximum absolute atomic E-state index is 14.1. The molecule has 0 saturated heterocycles. The molecule has 9 heteroatoms. The smallest absolute Gasteiger partial charge is 0.407 e. The van der Waals surface area contributed by atoms with Crippen molar-refractivity contribution in [3.8, 4) is 11.1 Å². The van der Waals surface area contributed by atoms with Gasteiger partial charge in [0.25, 0.3) is 0 Å². The van der Waals surface area contributed by atoms with Crippen LogP contribution in [-0.2, 0) is 33.3 Å². The van der Waals surface area contributed by atoms with E-state index in [2.05, 4.69) is 62.5 Å². The summed E-state index contributed by atoms with van der Waals surface area (Å²) in [5.41, 5.74) is 4.12. The summed E-state index contributed by atoms with van der Waals surface area (Å²) < 4.78 is 29.3. The highest BCUT2D eigenvalue weighted by atomic mass is 16.7. The summed E-state index contributed by atoms with van der Waals surface area (Å²) in [6.07, 6.45) is 14.1. The number of hydrogen-bond acceptors (Lipinski definition) is 8. The first-order valence-corrected chi connectivity index (χ1v) is 23.8. The lowest BCUT2D eigenvalue weighted by Crippen LogP contribution is -2.53. The lowest BCUT2D eigenvalue weighted by atomic mass is 9.46. The summed E-state index contributed by atoms with van der Waals surface area (Å²) in [4.78, 5) is 40.1. The molecule has 0 spiro atoms. The van der Waals surface area contributed by atoms with E-state index in [9.17, 15) is 14.4 Å². The topological polar surface area (TPSA) is 109 Å². The van der Waals surface area contributed by atoms with E-state index in [4.69, 9.17) is 23.7 Å². The SMILES string of the molecule is C[C@H](CCC(=O)OC(C)(C)C)C1CCC2C3CCC4C[C@H](OC(=O)[C@H](CCCOCOC(C)(C)C)NC(=O)OCC5c6ccccc6-c6ccccc65)CCC4(C)C3C=CC21C. The molecule has 2 aromatic carbocycles. The van der Waals surface area contributed by atoms with Gasteiger partial charge in [-0.1, -0.05) is 81.5 Å². The predicted molar refractivity (Wildman–Crippen MR) is 242 cm³/mol. The number of carbonyl (C=O) groups is 3. The fourth-order valence-electron chi connectivity index (χ4n) is 12.5. The summed E-state index contributed by atoms with van der Waals surface area (Å²) in [5, 5.41) is 2.90. The minimum absolute atomic E-state index is 0.0800. The van der Waals surface area contributed by atoms with Crippen molar-refractivity contribution in [1.29, 1.82) is 0 Å². The number of esters is 2. The Morgan fingerprint density at radius 3 is 2.23 bits per heavy atom. The molecule has 3 saturated carbocycles. The van der Waals surface area contributed by atoms with Gasteiger partial charge < -0.3 is 29.0 Å². The van der Waals surface area contributed by atoms with Crippen LogP contribution in [0.2, 0.25) is 0 Å². The van der Waals surface area contributed by atoms with Crippen LogP contribution in [0.4, 0.5) is 4.79 Å². The van der Waals surface area contributed by atoms with Crippen LogP contribution in [0, 0.1) is 46.3 Å². The number of fused-ring (bicyclic) bond motifs is 8. The van der Waals surface area contributed by atoms with Crippen molar-refractivity contribution in [3.63, 3.8) is 0 Å². The lowest BCUT2D eigenvalue weighted by molar-refractivity contribution is -0.160. The maximum Gasteiger partial charge on any atom is 0.407 e. The quantitative estimate of drug-likeness (QED) is 0.0620. The van der Waals surface area contributed by atoms with Crippen LogP contribution in [0.3, 0.4) is 0 Å². The molecular formula is C53H75NO8. The van der Waals surface area contributed by atoms with E-state index in [0.717, 1.165) is 54.4 Å². The second-order valence-electron chi connectivity index (χ2n) is 21.9. The van der Waals surface area contributed by atoms with Crippen molar-refractivity contribution < 1.29 is 38.1 Å². The molecule has 1 N–H and O–H groups in total. The summed E-state index contributed by atoms with van der Waals surface area (Å²) in [5.74, 6) is 2.70. The largest absolute Gasteiger partial charge is 0.461 e. The third kappa shape index (κ3) is 10.3. The fourth-order valence-corrected chi connectivity index (χ4v) is 12.5. The molecule has 1 amide bonds. The van der Waals surface area contributed by atoms with E-state index < -0.39 is 23.7 Å². The number of nitrogens with one attached hydrogen (secondary N) is 1. The molecule has 340 valence electrons. The van der Waals surface area contributed by atoms with Gasteiger partial charge in [-0.3, -0.25) is 4.79 Å². The monoisotopic (exact) mass is 854 g/mol. The fraction of sp³-hybridized carbons (Fsp3) is 0.679.